The van der Waals surface area contributed by atoms with E-state index in [4.69, 9.17) is 0 Å². The summed E-state index contributed by atoms with van der Waals surface area (Å²) in [7, 11) is 0. The van der Waals surface area contributed by atoms with E-state index in [0.29, 0.717) is 13.1 Å². The number of hydrogen-bond donors (Lipinski definition) is 2. The van der Waals surface area contributed by atoms with Crippen molar-refractivity contribution in [2.45, 2.75) is 25.8 Å². The van der Waals surface area contributed by atoms with Gasteiger partial charge in [-0.05, 0) is 17.5 Å². The molecule has 0 bridgehead atoms. The Morgan fingerprint density at radius 2 is 2.07 bits per heavy atom. The summed E-state index contributed by atoms with van der Waals surface area (Å²) < 4.78 is 0. The number of carbonyl (C=O) groups is 2. The standard InChI is InChI=1S/C20H25N5O2.ClH/c1-2-14-3-5-15(6-4-14)18-12-21-7-8-24(18)20(27)16-9-19(26)25(13-16)17-10-22-23-11-17;/h3-6,10-11,16,18,21H,2,7-9,12-13H2,1H3,(H,22,23);1H. The number of nitrogens with one attached hydrogen (secondary N) is 2. The third kappa shape index (κ3) is 3.91. The molecule has 7 nitrogen and oxygen atoms in total. The van der Waals surface area contributed by atoms with Crippen LogP contribution in [-0.4, -0.2) is 53.1 Å². The van der Waals surface area contributed by atoms with Gasteiger partial charge in [0.1, 0.15) is 0 Å². The van der Waals surface area contributed by atoms with Crippen molar-refractivity contribution < 1.29 is 9.59 Å². The highest BCUT2D eigenvalue weighted by atomic mass is 35.5. The zero-order chi connectivity index (χ0) is 18.8. The lowest BCUT2D eigenvalue weighted by molar-refractivity contribution is -0.139. The van der Waals surface area contributed by atoms with E-state index in [0.717, 1.165) is 30.8 Å². The molecule has 1 aromatic heterocycles. The summed E-state index contributed by atoms with van der Waals surface area (Å²) in [5.41, 5.74) is 3.16. The van der Waals surface area contributed by atoms with Crippen LogP contribution < -0.4 is 10.2 Å². The highest BCUT2D eigenvalue weighted by Gasteiger charge is 2.40. The van der Waals surface area contributed by atoms with Gasteiger partial charge in [-0.25, -0.2) is 0 Å². The van der Waals surface area contributed by atoms with E-state index < -0.39 is 0 Å². The summed E-state index contributed by atoms with van der Waals surface area (Å²) in [5, 5.41) is 10.0. The molecule has 1 aromatic carbocycles. The number of rotatable bonds is 4. The van der Waals surface area contributed by atoms with Crippen molar-refractivity contribution in [2.75, 3.05) is 31.1 Å². The van der Waals surface area contributed by atoms with E-state index in [9.17, 15) is 9.59 Å². The average Bonchev–Trinajstić information content (AvgIpc) is 3.37. The summed E-state index contributed by atoms with van der Waals surface area (Å²) >= 11 is 0. The molecule has 0 radical (unpaired) electrons. The lowest BCUT2D eigenvalue weighted by Gasteiger charge is -2.38. The van der Waals surface area contributed by atoms with Crippen molar-refractivity contribution in [3.8, 4) is 0 Å². The monoisotopic (exact) mass is 403 g/mol. The van der Waals surface area contributed by atoms with Gasteiger partial charge in [-0.1, -0.05) is 31.2 Å². The van der Waals surface area contributed by atoms with Crippen molar-refractivity contribution in [3.63, 3.8) is 0 Å². The summed E-state index contributed by atoms with van der Waals surface area (Å²) in [6.07, 6.45) is 4.57. The molecule has 150 valence electrons. The first-order chi connectivity index (χ1) is 13.2. The first-order valence-electron chi connectivity index (χ1n) is 9.56. The molecule has 2 atom stereocenters. The van der Waals surface area contributed by atoms with Crippen molar-refractivity contribution in [2.24, 2.45) is 5.92 Å². The SMILES string of the molecule is CCc1ccc(C2CNCCN2C(=O)C2CC(=O)N(c3cn[nH]c3)C2)cc1.Cl. The van der Waals surface area contributed by atoms with Crippen LogP contribution in [0.5, 0.6) is 0 Å². The van der Waals surface area contributed by atoms with Crippen LogP contribution in [0, 0.1) is 5.92 Å². The summed E-state index contributed by atoms with van der Waals surface area (Å²) in [6, 6.07) is 8.51. The van der Waals surface area contributed by atoms with Crippen molar-refractivity contribution in [1.82, 2.24) is 20.4 Å². The zero-order valence-corrected chi connectivity index (χ0v) is 16.7. The first-order valence-corrected chi connectivity index (χ1v) is 9.56. The summed E-state index contributed by atoms with van der Waals surface area (Å²) in [4.78, 5) is 29.3. The lowest BCUT2D eigenvalue weighted by atomic mass is 9.98. The molecular weight excluding hydrogens is 378 g/mol. The predicted octanol–water partition coefficient (Wildman–Crippen LogP) is 1.92. The Kier molecular flexibility index (Phi) is 6.36. The fraction of sp³-hybridized carbons (Fsp3) is 0.450. The summed E-state index contributed by atoms with van der Waals surface area (Å²) in [6.45, 7) is 4.73. The van der Waals surface area contributed by atoms with Crippen molar-refractivity contribution >= 4 is 29.9 Å². The smallest absolute Gasteiger partial charge is 0.228 e. The molecule has 0 saturated carbocycles. The van der Waals surface area contributed by atoms with Crippen LogP contribution in [0.4, 0.5) is 5.69 Å². The quantitative estimate of drug-likeness (QED) is 0.817. The number of nitrogens with zero attached hydrogens (tertiary/aromatic N) is 3. The Labute approximate surface area is 170 Å². The van der Waals surface area contributed by atoms with E-state index in [1.54, 1.807) is 17.3 Å². The number of carbonyl (C=O) groups excluding carboxylic acids is 2. The van der Waals surface area contributed by atoms with Gasteiger partial charge in [-0.2, -0.15) is 5.10 Å². The Morgan fingerprint density at radius 3 is 2.75 bits per heavy atom. The molecular formula is C20H26ClN5O2. The van der Waals surface area contributed by atoms with Gasteiger partial charge in [0.15, 0.2) is 0 Å². The van der Waals surface area contributed by atoms with Crippen molar-refractivity contribution in [3.05, 3.63) is 47.8 Å². The fourth-order valence-electron chi connectivity index (χ4n) is 3.99. The molecule has 2 fully saturated rings. The molecule has 8 heteroatoms. The minimum Gasteiger partial charge on any atom is -0.333 e. The third-order valence-corrected chi connectivity index (χ3v) is 5.57. The highest BCUT2D eigenvalue weighted by Crippen LogP contribution is 2.30. The van der Waals surface area contributed by atoms with E-state index >= 15 is 0 Å². The second-order valence-electron chi connectivity index (χ2n) is 7.21. The van der Waals surface area contributed by atoms with Crippen LogP contribution in [0.1, 0.15) is 30.5 Å². The number of hydrogen-bond acceptors (Lipinski definition) is 4. The van der Waals surface area contributed by atoms with E-state index in [-0.39, 0.29) is 42.6 Å². The molecule has 2 aliphatic heterocycles. The number of anilines is 1. The average molecular weight is 404 g/mol. The molecule has 0 aliphatic carbocycles. The first kappa shape index (κ1) is 20.4. The number of aromatic amines is 1. The topological polar surface area (TPSA) is 81.3 Å². The third-order valence-electron chi connectivity index (χ3n) is 5.57. The zero-order valence-electron chi connectivity index (χ0n) is 15.9. The van der Waals surface area contributed by atoms with Gasteiger partial charge in [0.25, 0.3) is 0 Å². The van der Waals surface area contributed by atoms with Crippen LogP contribution >= 0.6 is 12.4 Å². The molecule has 4 rings (SSSR count). The second kappa shape index (κ2) is 8.75. The maximum Gasteiger partial charge on any atom is 0.228 e. The predicted molar refractivity (Wildman–Crippen MR) is 109 cm³/mol. The fourth-order valence-corrected chi connectivity index (χ4v) is 3.99. The Morgan fingerprint density at radius 1 is 1.29 bits per heavy atom. The molecule has 0 spiro atoms. The Hall–Kier alpha value is -2.38. The number of halogens is 1. The Balaban J connectivity index is 0.00000225. The Bertz CT molecular complexity index is 809. The molecule has 2 saturated heterocycles. The minimum atomic E-state index is -0.303. The van der Waals surface area contributed by atoms with E-state index in [1.165, 1.54) is 5.56 Å². The van der Waals surface area contributed by atoms with Crippen LogP contribution in [-0.2, 0) is 16.0 Å². The van der Waals surface area contributed by atoms with Crippen molar-refractivity contribution in [1.29, 1.82) is 0 Å². The van der Waals surface area contributed by atoms with Gasteiger partial charge in [0, 0.05) is 38.8 Å². The maximum absolute atomic E-state index is 13.3. The van der Waals surface area contributed by atoms with Crippen LogP contribution in [0.15, 0.2) is 36.7 Å². The van der Waals surface area contributed by atoms with Gasteiger partial charge >= 0.3 is 0 Å². The summed E-state index contributed by atoms with van der Waals surface area (Å²) in [5.74, 6) is -0.253. The number of aromatic nitrogens is 2. The molecule has 2 aliphatic rings. The molecule has 2 aromatic rings. The van der Waals surface area contributed by atoms with E-state index in [1.807, 2.05) is 4.90 Å². The number of aryl methyl sites for hydroxylation is 1. The number of benzene rings is 1. The van der Waals surface area contributed by atoms with E-state index in [2.05, 4.69) is 46.7 Å². The second-order valence-corrected chi connectivity index (χ2v) is 7.21. The largest absolute Gasteiger partial charge is 0.333 e. The van der Waals surface area contributed by atoms with Crippen LogP contribution in [0.3, 0.4) is 0 Å². The number of H-pyrrole nitrogens is 1. The molecule has 2 N–H and O–H groups in total. The number of piperazine rings is 1. The molecule has 3 heterocycles. The lowest BCUT2D eigenvalue weighted by Crippen LogP contribution is -2.50. The van der Waals surface area contributed by atoms with Gasteiger partial charge in [0.05, 0.1) is 23.8 Å². The van der Waals surface area contributed by atoms with Crippen LogP contribution in [0.2, 0.25) is 0 Å². The van der Waals surface area contributed by atoms with Gasteiger partial charge in [0.2, 0.25) is 11.8 Å². The minimum absolute atomic E-state index is 0. The molecule has 28 heavy (non-hydrogen) atoms. The molecule has 2 unspecified atom stereocenters. The number of amides is 2. The molecule has 2 amide bonds. The van der Waals surface area contributed by atoms with Crippen LogP contribution in [0.25, 0.3) is 0 Å². The highest BCUT2D eigenvalue weighted by molar-refractivity contribution is 6.00. The maximum atomic E-state index is 13.3. The van der Waals surface area contributed by atoms with Gasteiger partial charge in [-0.15, -0.1) is 12.4 Å². The van der Waals surface area contributed by atoms with Gasteiger partial charge in [-0.3, -0.25) is 14.7 Å². The van der Waals surface area contributed by atoms with Gasteiger partial charge < -0.3 is 15.1 Å². The normalized spacial score (nSPS) is 22.2.